The van der Waals surface area contributed by atoms with Gasteiger partial charge in [0, 0.05) is 25.0 Å². The van der Waals surface area contributed by atoms with Crippen LogP contribution in [0.2, 0.25) is 5.02 Å². The Morgan fingerprint density at radius 2 is 1.49 bits per heavy atom. The molecule has 3 aromatic rings. The number of likely N-dealkylation sites (N-methyl/N-ethyl adjacent to an activating group) is 1. The van der Waals surface area contributed by atoms with Gasteiger partial charge >= 0.3 is 0 Å². The van der Waals surface area contributed by atoms with Crippen molar-refractivity contribution in [3.05, 3.63) is 101 Å². The van der Waals surface area contributed by atoms with Crippen molar-refractivity contribution >= 4 is 39.1 Å². The topological polar surface area (TPSA) is 86.8 Å². The van der Waals surface area contributed by atoms with Crippen LogP contribution in [0.3, 0.4) is 0 Å². The highest BCUT2D eigenvalue weighted by Crippen LogP contribution is 2.60. The lowest BCUT2D eigenvalue weighted by atomic mass is 9.48. The number of nitrogens with zero attached hydrogens (tertiary/aromatic N) is 2. The summed E-state index contributed by atoms with van der Waals surface area (Å²) < 4.78 is 27.6. The first-order valence-electron chi connectivity index (χ1n) is 15.9. The maximum Gasteiger partial charge on any atom is 0.244 e. The molecule has 0 heterocycles. The molecule has 45 heavy (non-hydrogen) atoms. The fraction of sp³-hybridized carbons (Fsp3) is 0.444. The molecule has 9 heteroatoms. The molecule has 0 aromatic heterocycles. The Morgan fingerprint density at radius 3 is 2.04 bits per heavy atom. The number of carbonyl (C=O) groups is 2. The van der Waals surface area contributed by atoms with E-state index in [9.17, 15) is 18.0 Å². The van der Waals surface area contributed by atoms with Crippen molar-refractivity contribution < 1.29 is 18.0 Å². The Balaban J connectivity index is 1.29. The molecule has 0 radical (unpaired) electrons. The first-order valence-corrected chi connectivity index (χ1v) is 18.1. The lowest BCUT2D eigenvalue weighted by Gasteiger charge is -2.57. The summed E-state index contributed by atoms with van der Waals surface area (Å²) in [6.45, 7) is -0.342. The zero-order chi connectivity index (χ0) is 31.8. The second-order valence-electron chi connectivity index (χ2n) is 13.5. The third-order valence-electron chi connectivity index (χ3n) is 10.2. The molecule has 4 fully saturated rings. The van der Waals surface area contributed by atoms with Crippen LogP contribution in [0.1, 0.15) is 55.2 Å². The molecule has 0 spiro atoms. The first kappa shape index (κ1) is 31.6. The summed E-state index contributed by atoms with van der Waals surface area (Å²) in [5.74, 6) is 1.59. The molecule has 7 nitrogen and oxygen atoms in total. The average Bonchev–Trinajstić information content (AvgIpc) is 3.00. The monoisotopic (exact) mass is 647 g/mol. The summed E-state index contributed by atoms with van der Waals surface area (Å²) in [5.41, 5.74) is 3.54. The van der Waals surface area contributed by atoms with Crippen LogP contribution in [0.15, 0.2) is 78.9 Å². The Kier molecular flexibility index (Phi) is 8.99. The number of rotatable bonds is 11. The normalized spacial score (nSPS) is 24.2. The molecule has 4 aliphatic rings. The summed E-state index contributed by atoms with van der Waals surface area (Å²) in [6, 6.07) is 23.6. The van der Waals surface area contributed by atoms with Gasteiger partial charge in [-0.25, -0.2) is 8.42 Å². The third kappa shape index (κ3) is 6.92. The second kappa shape index (κ2) is 12.8. The maximum atomic E-state index is 14.2. The SMILES string of the molecule is CNC(=O)[C@H](Cc1ccccc1)N(Cc1cccc(Cl)c1)C(=O)CN(c1ccc(C23CC4CC(CC(C4)C2)C3)cc1)S(C)(=O)=O. The van der Waals surface area contributed by atoms with E-state index in [1.807, 2.05) is 48.5 Å². The van der Waals surface area contributed by atoms with Gasteiger partial charge < -0.3 is 10.2 Å². The van der Waals surface area contributed by atoms with Gasteiger partial charge in [0.05, 0.1) is 11.9 Å². The van der Waals surface area contributed by atoms with E-state index in [-0.39, 0.29) is 24.3 Å². The minimum Gasteiger partial charge on any atom is -0.357 e. The van der Waals surface area contributed by atoms with Gasteiger partial charge in [-0.05, 0) is 103 Å². The van der Waals surface area contributed by atoms with Gasteiger partial charge in [-0.1, -0.05) is 66.2 Å². The van der Waals surface area contributed by atoms with Crippen LogP contribution in [0, 0.1) is 17.8 Å². The van der Waals surface area contributed by atoms with E-state index < -0.39 is 28.5 Å². The molecular weight excluding hydrogens is 606 g/mol. The van der Waals surface area contributed by atoms with Crippen molar-refractivity contribution in [1.29, 1.82) is 0 Å². The zero-order valence-corrected chi connectivity index (χ0v) is 27.6. The highest BCUT2D eigenvalue weighted by Gasteiger charge is 2.51. The minimum atomic E-state index is -3.83. The van der Waals surface area contributed by atoms with Gasteiger partial charge in [-0.15, -0.1) is 0 Å². The quantitative estimate of drug-likeness (QED) is 0.278. The largest absolute Gasteiger partial charge is 0.357 e. The van der Waals surface area contributed by atoms with Crippen LogP contribution in [0.5, 0.6) is 0 Å². The van der Waals surface area contributed by atoms with Crippen molar-refractivity contribution in [2.24, 2.45) is 17.8 Å². The van der Waals surface area contributed by atoms with E-state index in [0.717, 1.165) is 39.4 Å². The number of anilines is 1. The summed E-state index contributed by atoms with van der Waals surface area (Å²) in [4.78, 5) is 29.0. The molecular formula is C36H42ClN3O4S. The van der Waals surface area contributed by atoms with Gasteiger partial charge in [0.1, 0.15) is 12.6 Å². The van der Waals surface area contributed by atoms with Gasteiger partial charge in [-0.3, -0.25) is 13.9 Å². The van der Waals surface area contributed by atoms with Crippen molar-refractivity contribution in [3.8, 4) is 0 Å². The fourth-order valence-corrected chi connectivity index (χ4v) is 9.67. The molecule has 4 aliphatic carbocycles. The van der Waals surface area contributed by atoms with Gasteiger partial charge in [0.15, 0.2) is 0 Å². The standard InChI is InChI=1S/C36H42ClN3O4S/c1-38-35(42)33(19-25-7-4-3-5-8-25)39(23-26-9-6-10-31(37)18-26)34(41)24-40(45(2,43)44)32-13-11-30(12-14-32)36-20-27-15-28(21-36)17-29(16-27)22-36/h3-14,18,27-29,33H,15-17,19-24H2,1-2H3,(H,38,42)/t27?,28?,29?,33-,36?/m0/s1. The van der Waals surface area contributed by atoms with Crippen LogP contribution < -0.4 is 9.62 Å². The number of amides is 2. The molecule has 0 saturated heterocycles. The van der Waals surface area contributed by atoms with Crippen LogP contribution >= 0.6 is 11.6 Å². The van der Waals surface area contributed by atoms with Crippen molar-refractivity contribution in [3.63, 3.8) is 0 Å². The Bertz CT molecular complexity index is 1610. The molecule has 1 atom stereocenters. The number of sulfonamides is 1. The van der Waals surface area contributed by atoms with Crippen LogP contribution in [0.25, 0.3) is 0 Å². The number of halogens is 1. The Morgan fingerprint density at radius 1 is 0.889 bits per heavy atom. The molecule has 0 unspecified atom stereocenters. The summed E-state index contributed by atoms with van der Waals surface area (Å²) in [7, 11) is -2.29. The molecule has 238 valence electrons. The van der Waals surface area contributed by atoms with Crippen LogP contribution in [-0.2, 0) is 38.0 Å². The zero-order valence-electron chi connectivity index (χ0n) is 26.0. The highest BCUT2D eigenvalue weighted by atomic mass is 35.5. The van der Waals surface area contributed by atoms with Crippen molar-refractivity contribution in [2.45, 2.75) is 62.9 Å². The fourth-order valence-electron chi connectivity index (χ4n) is 8.61. The van der Waals surface area contributed by atoms with Crippen LogP contribution in [-0.4, -0.2) is 51.0 Å². The lowest BCUT2D eigenvalue weighted by molar-refractivity contribution is -0.139. The third-order valence-corrected chi connectivity index (χ3v) is 11.6. The molecule has 4 bridgehead atoms. The number of nitrogens with one attached hydrogen (secondary N) is 1. The summed E-state index contributed by atoms with van der Waals surface area (Å²) >= 11 is 6.27. The van der Waals surface area contributed by atoms with E-state index in [1.54, 1.807) is 18.2 Å². The maximum absolute atomic E-state index is 14.2. The molecule has 0 aliphatic heterocycles. The smallest absolute Gasteiger partial charge is 0.244 e. The van der Waals surface area contributed by atoms with E-state index in [0.29, 0.717) is 10.7 Å². The first-order chi connectivity index (χ1) is 21.5. The number of hydrogen-bond donors (Lipinski definition) is 1. The molecule has 7 rings (SSSR count). The van der Waals surface area contributed by atoms with E-state index >= 15 is 0 Å². The Hall–Kier alpha value is -3.36. The van der Waals surface area contributed by atoms with Gasteiger partial charge in [0.2, 0.25) is 21.8 Å². The number of hydrogen-bond acceptors (Lipinski definition) is 4. The minimum absolute atomic E-state index is 0.0902. The Labute approximate surface area is 272 Å². The van der Waals surface area contributed by atoms with Crippen LogP contribution in [0.4, 0.5) is 5.69 Å². The number of carbonyl (C=O) groups excluding carboxylic acids is 2. The molecule has 3 aromatic carbocycles. The van der Waals surface area contributed by atoms with E-state index in [4.69, 9.17) is 11.6 Å². The summed E-state index contributed by atoms with van der Waals surface area (Å²) in [6.07, 6.45) is 9.10. The second-order valence-corrected chi connectivity index (χ2v) is 15.8. The van der Waals surface area contributed by atoms with E-state index in [2.05, 4.69) is 17.4 Å². The van der Waals surface area contributed by atoms with E-state index in [1.165, 1.54) is 56.0 Å². The number of benzene rings is 3. The van der Waals surface area contributed by atoms with Crippen molar-refractivity contribution in [1.82, 2.24) is 10.2 Å². The van der Waals surface area contributed by atoms with Crippen molar-refractivity contribution in [2.75, 3.05) is 24.2 Å². The average molecular weight is 648 g/mol. The highest BCUT2D eigenvalue weighted by molar-refractivity contribution is 7.92. The van der Waals surface area contributed by atoms with Gasteiger partial charge in [-0.2, -0.15) is 0 Å². The molecule has 2 amide bonds. The lowest BCUT2D eigenvalue weighted by Crippen LogP contribution is -2.52. The van der Waals surface area contributed by atoms with Gasteiger partial charge in [0.25, 0.3) is 0 Å². The predicted molar refractivity (Wildman–Crippen MR) is 178 cm³/mol. The molecule has 1 N–H and O–H groups in total. The summed E-state index contributed by atoms with van der Waals surface area (Å²) in [5, 5.41) is 3.21. The predicted octanol–water partition coefficient (Wildman–Crippen LogP) is 5.96. The molecule has 4 saturated carbocycles.